The molecule has 4 nitrogen and oxygen atoms in total. The first kappa shape index (κ1) is 14.1. The van der Waals surface area contributed by atoms with Gasteiger partial charge in [-0.3, -0.25) is 9.59 Å². The van der Waals surface area contributed by atoms with Crippen LogP contribution in [0.15, 0.2) is 18.2 Å². The van der Waals surface area contributed by atoms with Gasteiger partial charge in [0.05, 0.1) is 0 Å². The Morgan fingerprint density at radius 3 is 2.71 bits per heavy atom. The third-order valence-corrected chi connectivity index (χ3v) is 4.32. The number of hydrogen-bond donors (Lipinski definition) is 0. The van der Waals surface area contributed by atoms with E-state index in [4.69, 9.17) is 4.74 Å². The van der Waals surface area contributed by atoms with Gasteiger partial charge in [0, 0.05) is 30.6 Å². The van der Waals surface area contributed by atoms with Crippen molar-refractivity contribution in [1.29, 1.82) is 0 Å². The van der Waals surface area contributed by atoms with Crippen molar-refractivity contribution in [2.45, 2.75) is 38.5 Å². The Kier molecular flexibility index (Phi) is 4.23. The summed E-state index contributed by atoms with van der Waals surface area (Å²) in [6.07, 6.45) is 5.71. The second-order valence-corrected chi connectivity index (χ2v) is 5.79. The zero-order valence-electron chi connectivity index (χ0n) is 12.3. The molecule has 0 radical (unpaired) electrons. The van der Waals surface area contributed by atoms with Gasteiger partial charge in [0.1, 0.15) is 5.75 Å². The molecule has 1 aromatic carbocycles. The monoisotopic (exact) mass is 287 g/mol. The fourth-order valence-corrected chi connectivity index (χ4v) is 3.15. The molecule has 1 fully saturated rings. The zero-order valence-corrected chi connectivity index (χ0v) is 12.3. The molecule has 0 N–H and O–H groups in total. The molecule has 3 rings (SSSR count). The molecule has 1 aromatic rings. The van der Waals surface area contributed by atoms with Crippen LogP contribution in [0.2, 0.25) is 0 Å². The molecule has 0 bridgehead atoms. The van der Waals surface area contributed by atoms with Crippen LogP contribution in [0, 0.1) is 0 Å². The third kappa shape index (κ3) is 3.09. The SMILES string of the molecule is O=C1CCCc2c(OCC(=O)N3CCCCC3)cccc21. The second-order valence-electron chi connectivity index (χ2n) is 5.79. The van der Waals surface area contributed by atoms with Crippen molar-refractivity contribution < 1.29 is 14.3 Å². The van der Waals surface area contributed by atoms with Gasteiger partial charge in [0.2, 0.25) is 0 Å². The lowest BCUT2D eigenvalue weighted by molar-refractivity contribution is -0.134. The molecule has 1 heterocycles. The average Bonchev–Trinajstić information content (AvgIpc) is 2.54. The highest BCUT2D eigenvalue weighted by Gasteiger charge is 2.22. The first-order valence-electron chi connectivity index (χ1n) is 7.81. The van der Waals surface area contributed by atoms with E-state index in [1.807, 2.05) is 23.1 Å². The third-order valence-electron chi connectivity index (χ3n) is 4.32. The van der Waals surface area contributed by atoms with Gasteiger partial charge < -0.3 is 9.64 Å². The largest absolute Gasteiger partial charge is 0.483 e. The number of nitrogens with zero attached hydrogens (tertiary/aromatic N) is 1. The van der Waals surface area contributed by atoms with Crippen LogP contribution >= 0.6 is 0 Å². The summed E-state index contributed by atoms with van der Waals surface area (Å²) < 4.78 is 5.72. The molecule has 4 heteroatoms. The van der Waals surface area contributed by atoms with Crippen LogP contribution in [0.4, 0.5) is 0 Å². The van der Waals surface area contributed by atoms with Gasteiger partial charge in [-0.05, 0) is 38.2 Å². The highest BCUT2D eigenvalue weighted by molar-refractivity contribution is 5.99. The van der Waals surface area contributed by atoms with Crippen LogP contribution in [0.1, 0.15) is 48.0 Å². The molecule has 0 spiro atoms. The van der Waals surface area contributed by atoms with E-state index in [1.54, 1.807) is 0 Å². The molecule has 0 unspecified atom stereocenters. The standard InChI is InChI=1S/C17H21NO3/c19-15-8-4-7-14-13(15)6-5-9-16(14)21-12-17(20)18-10-2-1-3-11-18/h5-6,9H,1-4,7-8,10-12H2. The second kappa shape index (κ2) is 6.29. The number of hydrogen-bond acceptors (Lipinski definition) is 3. The predicted molar refractivity (Wildman–Crippen MR) is 79.6 cm³/mol. The first-order valence-corrected chi connectivity index (χ1v) is 7.81. The lowest BCUT2D eigenvalue weighted by atomic mass is 9.90. The van der Waals surface area contributed by atoms with Crippen LogP contribution in [0.3, 0.4) is 0 Å². The Labute approximate surface area is 125 Å². The number of Topliss-reactive ketones (excluding diaryl/α,β-unsaturated/α-hetero) is 1. The molecular weight excluding hydrogens is 266 g/mol. The Hall–Kier alpha value is -1.84. The Bertz CT molecular complexity index is 547. The number of ketones is 1. The smallest absolute Gasteiger partial charge is 0.260 e. The Balaban J connectivity index is 1.66. The fraction of sp³-hybridized carbons (Fsp3) is 0.529. The molecule has 21 heavy (non-hydrogen) atoms. The minimum atomic E-state index is 0.0504. The van der Waals surface area contributed by atoms with E-state index in [-0.39, 0.29) is 18.3 Å². The Morgan fingerprint density at radius 2 is 1.90 bits per heavy atom. The summed E-state index contributed by atoms with van der Waals surface area (Å²) in [6, 6.07) is 5.56. The quantitative estimate of drug-likeness (QED) is 0.858. The summed E-state index contributed by atoms with van der Waals surface area (Å²) >= 11 is 0. The van der Waals surface area contributed by atoms with Gasteiger partial charge in [-0.1, -0.05) is 12.1 Å². The summed E-state index contributed by atoms with van der Waals surface area (Å²) in [5, 5.41) is 0. The topological polar surface area (TPSA) is 46.6 Å². The highest BCUT2D eigenvalue weighted by atomic mass is 16.5. The number of piperidine rings is 1. The van der Waals surface area contributed by atoms with E-state index in [0.717, 1.165) is 49.9 Å². The van der Waals surface area contributed by atoms with Gasteiger partial charge in [0.15, 0.2) is 12.4 Å². The minimum Gasteiger partial charge on any atom is -0.483 e. The summed E-state index contributed by atoms with van der Waals surface area (Å²) in [7, 11) is 0. The summed E-state index contributed by atoms with van der Waals surface area (Å²) in [5.74, 6) is 0.935. The lowest BCUT2D eigenvalue weighted by Gasteiger charge is -2.27. The number of carbonyl (C=O) groups is 2. The van der Waals surface area contributed by atoms with Crippen molar-refractivity contribution in [2.75, 3.05) is 19.7 Å². The van der Waals surface area contributed by atoms with Gasteiger partial charge in [0.25, 0.3) is 5.91 Å². The summed E-state index contributed by atoms with van der Waals surface area (Å²) in [4.78, 5) is 25.9. The molecule has 1 amide bonds. The van der Waals surface area contributed by atoms with Gasteiger partial charge in [-0.15, -0.1) is 0 Å². The number of benzene rings is 1. The van der Waals surface area contributed by atoms with E-state index >= 15 is 0 Å². The van der Waals surface area contributed by atoms with Crippen molar-refractivity contribution >= 4 is 11.7 Å². The maximum absolute atomic E-state index is 12.1. The number of carbonyl (C=O) groups excluding carboxylic acids is 2. The highest BCUT2D eigenvalue weighted by Crippen LogP contribution is 2.29. The van der Waals surface area contributed by atoms with Gasteiger partial charge in [-0.2, -0.15) is 0 Å². The van der Waals surface area contributed by atoms with Crippen molar-refractivity contribution in [3.05, 3.63) is 29.3 Å². The maximum atomic E-state index is 12.1. The van der Waals surface area contributed by atoms with Gasteiger partial charge in [-0.25, -0.2) is 0 Å². The Morgan fingerprint density at radius 1 is 1.10 bits per heavy atom. The maximum Gasteiger partial charge on any atom is 0.260 e. The predicted octanol–water partition coefficient (Wildman–Crippen LogP) is 2.60. The van der Waals surface area contributed by atoms with E-state index in [1.165, 1.54) is 6.42 Å². The van der Waals surface area contributed by atoms with E-state index in [0.29, 0.717) is 12.2 Å². The summed E-state index contributed by atoms with van der Waals surface area (Å²) in [5.41, 5.74) is 1.74. The van der Waals surface area contributed by atoms with Crippen LogP contribution in [0.25, 0.3) is 0 Å². The number of rotatable bonds is 3. The van der Waals surface area contributed by atoms with Crippen LogP contribution in [0.5, 0.6) is 5.75 Å². The number of ether oxygens (including phenoxy) is 1. The normalized spacial score (nSPS) is 18.3. The molecular formula is C17H21NO3. The zero-order chi connectivity index (χ0) is 14.7. The molecule has 112 valence electrons. The fourth-order valence-electron chi connectivity index (χ4n) is 3.15. The molecule has 1 aliphatic carbocycles. The minimum absolute atomic E-state index is 0.0504. The molecule has 1 saturated heterocycles. The number of likely N-dealkylation sites (tertiary alicyclic amines) is 1. The molecule has 0 saturated carbocycles. The van der Waals surface area contributed by atoms with Crippen LogP contribution < -0.4 is 4.74 Å². The van der Waals surface area contributed by atoms with Crippen molar-refractivity contribution in [3.63, 3.8) is 0 Å². The van der Waals surface area contributed by atoms with Crippen LogP contribution in [-0.2, 0) is 11.2 Å². The summed E-state index contributed by atoms with van der Waals surface area (Å²) in [6.45, 7) is 1.76. The molecule has 0 aromatic heterocycles. The number of fused-ring (bicyclic) bond motifs is 1. The van der Waals surface area contributed by atoms with Crippen LogP contribution in [-0.4, -0.2) is 36.3 Å². The van der Waals surface area contributed by atoms with Crippen molar-refractivity contribution in [1.82, 2.24) is 4.90 Å². The van der Waals surface area contributed by atoms with Crippen molar-refractivity contribution in [2.24, 2.45) is 0 Å². The van der Waals surface area contributed by atoms with E-state index < -0.39 is 0 Å². The van der Waals surface area contributed by atoms with E-state index in [9.17, 15) is 9.59 Å². The van der Waals surface area contributed by atoms with Crippen molar-refractivity contribution in [3.8, 4) is 5.75 Å². The average molecular weight is 287 g/mol. The molecule has 0 atom stereocenters. The number of amides is 1. The lowest BCUT2D eigenvalue weighted by Crippen LogP contribution is -2.38. The van der Waals surface area contributed by atoms with Gasteiger partial charge >= 0.3 is 0 Å². The van der Waals surface area contributed by atoms with E-state index in [2.05, 4.69) is 0 Å². The molecule has 1 aliphatic heterocycles. The molecule has 2 aliphatic rings. The first-order chi connectivity index (χ1) is 10.3.